The van der Waals surface area contributed by atoms with Gasteiger partial charge in [0.2, 0.25) is 0 Å². The Morgan fingerprint density at radius 2 is 1.96 bits per heavy atom. The van der Waals surface area contributed by atoms with Gasteiger partial charge in [-0.05, 0) is 36.5 Å². The summed E-state index contributed by atoms with van der Waals surface area (Å²) in [5, 5.41) is 0. The van der Waals surface area contributed by atoms with Crippen LogP contribution in [-0.2, 0) is 11.3 Å². The van der Waals surface area contributed by atoms with Crippen LogP contribution < -0.4 is 0 Å². The van der Waals surface area contributed by atoms with Crippen molar-refractivity contribution < 1.29 is 13.9 Å². The van der Waals surface area contributed by atoms with Crippen molar-refractivity contribution in [3.05, 3.63) is 78.3 Å². The maximum atomic E-state index is 13.1. The first-order valence-electron chi connectivity index (χ1n) is 9.80. The van der Waals surface area contributed by atoms with Gasteiger partial charge in [-0.15, -0.1) is 0 Å². The fraction of sp³-hybridized carbons (Fsp3) is 0.364. The van der Waals surface area contributed by atoms with Gasteiger partial charge >= 0.3 is 0 Å². The molecule has 1 aliphatic heterocycles. The average Bonchev–Trinajstić information content (AvgIpc) is 3.28. The van der Waals surface area contributed by atoms with E-state index in [-0.39, 0.29) is 18.1 Å². The van der Waals surface area contributed by atoms with Crippen LogP contribution in [0.4, 0.5) is 0 Å². The Balaban J connectivity index is 1.33. The number of carbonyl (C=O) groups excluding carboxylic acids is 1. The van der Waals surface area contributed by atoms with E-state index in [1.807, 2.05) is 39.9 Å². The summed E-state index contributed by atoms with van der Waals surface area (Å²) in [7, 11) is 0. The highest BCUT2D eigenvalue weighted by Crippen LogP contribution is 2.39. The number of amides is 1. The number of nitrogens with zero attached hydrogens (tertiary/aromatic N) is 3. The van der Waals surface area contributed by atoms with Crippen molar-refractivity contribution in [1.82, 2.24) is 14.5 Å². The van der Waals surface area contributed by atoms with Gasteiger partial charge in [-0.1, -0.05) is 30.3 Å². The predicted molar refractivity (Wildman–Crippen MR) is 103 cm³/mol. The molecular weight excluding hydrogens is 354 g/mol. The molecule has 3 aromatic rings. The topological polar surface area (TPSA) is 60.5 Å². The fourth-order valence-corrected chi connectivity index (χ4v) is 3.83. The zero-order valence-electron chi connectivity index (χ0n) is 15.6. The van der Waals surface area contributed by atoms with Crippen LogP contribution >= 0.6 is 0 Å². The van der Waals surface area contributed by atoms with Crippen LogP contribution in [0.1, 0.15) is 40.8 Å². The van der Waals surface area contributed by atoms with Gasteiger partial charge in [-0.3, -0.25) is 4.79 Å². The van der Waals surface area contributed by atoms with Gasteiger partial charge in [0.05, 0.1) is 25.5 Å². The molecule has 0 unspecified atom stereocenters. The van der Waals surface area contributed by atoms with Crippen LogP contribution in [0.15, 0.2) is 65.6 Å². The van der Waals surface area contributed by atoms with E-state index in [9.17, 15) is 4.79 Å². The standard InChI is InChI=1S/C22H23N3O3/c26-22(19-9-8-18(27-19)12-24-11-10-23-15-24)25-13-20(16-4-2-1-3-5-16)28-21(14-25)17-6-7-17/h1-5,8-11,15,17,20-21H,6-7,12-14H2/t20-,21+/m0/s1. The number of hydrogen-bond donors (Lipinski definition) is 0. The number of imidazole rings is 1. The third-order valence-corrected chi connectivity index (χ3v) is 5.50. The zero-order chi connectivity index (χ0) is 18.9. The lowest BCUT2D eigenvalue weighted by Crippen LogP contribution is -2.47. The Labute approximate surface area is 163 Å². The van der Waals surface area contributed by atoms with Crippen molar-refractivity contribution in [1.29, 1.82) is 0 Å². The van der Waals surface area contributed by atoms with Crippen molar-refractivity contribution in [2.24, 2.45) is 5.92 Å². The summed E-state index contributed by atoms with van der Waals surface area (Å²) in [4.78, 5) is 19.1. The van der Waals surface area contributed by atoms with Gasteiger partial charge in [0.15, 0.2) is 5.76 Å². The molecule has 3 heterocycles. The molecule has 2 atom stereocenters. The molecule has 6 heteroatoms. The SMILES string of the molecule is O=C(c1ccc(Cn2ccnc2)o1)N1C[C@@H](c2ccccc2)O[C@@H](C2CC2)C1. The highest BCUT2D eigenvalue weighted by atomic mass is 16.5. The number of furan rings is 1. The van der Waals surface area contributed by atoms with E-state index in [0.717, 1.165) is 11.3 Å². The van der Waals surface area contributed by atoms with E-state index in [2.05, 4.69) is 17.1 Å². The predicted octanol–water partition coefficient (Wildman–Crippen LogP) is 3.52. The molecule has 1 aliphatic carbocycles. The van der Waals surface area contributed by atoms with E-state index in [1.54, 1.807) is 18.6 Å². The van der Waals surface area contributed by atoms with Crippen LogP contribution in [0.5, 0.6) is 0 Å². The molecule has 2 fully saturated rings. The minimum atomic E-state index is -0.0927. The minimum Gasteiger partial charge on any atom is -0.454 e. The van der Waals surface area contributed by atoms with Crippen molar-refractivity contribution in [3.63, 3.8) is 0 Å². The Bertz CT molecular complexity index is 931. The molecule has 0 bridgehead atoms. The monoisotopic (exact) mass is 377 g/mol. The highest BCUT2D eigenvalue weighted by molar-refractivity contribution is 5.91. The quantitative estimate of drug-likeness (QED) is 0.683. The molecule has 6 nitrogen and oxygen atoms in total. The molecule has 144 valence electrons. The summed E-state index contributed by atoms with van der Waals surface area (Å²) in [5.41, 5.74) is 1.12. The first-order valence-corrected chi connectivity index (χ1v) is 9.80. The molecule has 1 amide bonds. The number of morpholine rings is 1. The Hall–Kier alpha value is -2.86. The molecule has 1 aromatic carbocycles. The molecular formula is C22H23N3O3. The fourth-order valence-electron chi connectivity index (χ4n) is 3.83. The summed E-state index contributed by atoms with van der Waals surface area (Å²) in [5.74, 6) is 1.63. The third-order valence-electron chi connectivity index (χ3n) is 5.50. The second-order valence-electron chi connectivity index (χ2n) is 7.62. The zero-order valence-corrected chi connectivity index (χ0v) is 15.6. The van der Waals surface area contributed by atoms with Gasteiger partial charge in [0, 0.05) is 18.9 Å². The lowest BCUT2D eigenvalue weighted by atomic mass is 10.0. The van der Waals surface area contributed by atoms with Crippen LogP contribution in [0.3, 0.4) is 0 Å². The minimum absolute atomic E-state index is 0.0632. The van der Waals surface area contributed by atoms with Crippen molar-refractivity contribution in [3.8, 4) is 0 Å². The number of carbonyl (C=O) groups is 1. The first-order chi connectivity index (χ1) is 13.8. The second kappa shape index (κ2) is 7.28. The van der Waals surface area contributed by atoms with Gasteiger partial charge in [-0.2, -0.15) is 0 Å². The van der Waals surface area contributed by atoms with Gasteiger partial charge in [0.25, 0.3) is 5.91 Å². The Morgan fingerprint density at radius 3 is 2.71 bits per heavy atom. The van der Waals surface area contributed by atoms with E-state index < -0.39 is 0 Å². The average molecular weight is 377 g/mol. The summed E-state index contributed by atoms with van der Waals surface area (Å²) in [6.45, 7) is 1.74. The normalized spacial score (nSPS) is 22.4. The van der Waals surface area contributed by atoms with Crippen molar-refractivity contribution in [2.75, 3.05) is 13.1 Å². The van der Waals surface area contributed by atoms with Crippen molar-refractivity contribution >= 4 is 5.91 Å². The smallest absolute Gasteiger partial charge is 0.289 e. The maximum absolute atomic E-state index is 13.1. The lowest BCUT2D eigenvalue weighted by Gasteiger charge is -2.38. The Morgan fingerprint density at radius 1 is 1.11 bits per heavy atom. The maximum Gasteiger partial charge on any atom is 0.289 e. The molecule has 1 saturated heterocycles. The number of ether oxygens (including phenoxy) is 1. The van der Waals surface area contributed by atoms with E-state index in [0.29, 0.717) is 31.3 Å². The molecule has 2 aliphatic rings. The third kappa shape index (κ3) is 3.60. The summed E-state index contributed by atoms with van der Waals surface area (Å²) >= 11 is 0. The molecule has 5 rings (SSSR count). The van der Waals surface area contributed by atoms with E-state index in [1.165, 1.54) is 12.8 Å². The van der Waals surface area contributed by atoms with Crippen molar-refractivity contribution in [2.45, 2.75) is 31.6 Å². The largest absolute Gasteiger partial charge is 0.454 e. The molecule has 2 aromatic heterocycles. The van der Waals surface area contributed by atoms with Gasteiger partial charge in [0.1, 0.15) is 11.9 Å². The Kier molecular flexibility index (Phi) is 4.49. The summed E-state index contributed by atoms with van der Waals surface area (Å²) in [6, 6.07) is 13.8. The summed E-state index contributed by atoms with van der Waals surface area (Å²) < 4.78 is 14.1. The van der Waals surface area contributed by atoms with Gasteiger partial charge < -0.3 is 18.6 Å². The second-order valence-corrected chi connectivity index (χ2v) is 7.62. The lowest BCUT2D eigenvalue weighted by molar-refractivity contribution is -0.0868. The van der Waals surface area contributed by atoms with Crippen LogP contribution in [0, 0.1) is 5.92 Å². The highest BCUT2D eigenvalue weighted by Gasteiger charge is 2.40. The van der Waals surface area contributed by atoms with Crippen LogP contribution in [0.2, 0.25) is 0 Å². The van der Waals surface area contributed by atoms with Crippen LogP contribution in [0.25, 0.3) is 0 Å². The molecule has 0 spiro atoms. The number of benzene rings is 1. The first kappa shape index (κ1) is 17.3. The number of hydrogen-bond acceptors (Lipinski definition) is 4. The number of aromatic nitrogens is 2. The van der Waals surface area contributed by atoms with Crippen LogP contribution in [-0.4, -0.2) is 39.6 Å². The molecule has 28 heavy (non-hydrogen) atoms. The van der Waals surface area contributed by atoms with Gasteiger partial charge in [-0.25, -0.2) is 4.98 Å². The van der Waals surface area contributed by atoms with E-state index in [4.69, 9.17) is 9.15 Å². The van der Waals surface area contributed by atoms with E-state index >= 15 is 0 Å². The molecule has 1 saturated carbocycles. The molecule has 0 radical (unpaired) electrons. The molecule has 0 N–H and O–H groups in total. The number of rotatable bonds is 5. The summed E-state index contributed by atoms with van der Waals surface area (Å²) in [6.07, 6.45) is 7.71.